The SMILES string of the molecule is Cc1ccc(NC(=O)C(C)(C#N)c2ccc3c(c2)OC(F)(F)O3)nc1-c1cccc(C(=O)O)c1. The van der Waals surface area contributed by atoms with Gasteiger partial charge < -0.3 is 19.9 Å². The molecule has 0 spiro atoms. The number of aromatic carboxylic acids is 1. The fourth-order valence-corrected chi connectivity index (χ4v) is 3.44. The molecule has 8 nitrogen and oxygen atoms in total. The molecule has 1 aliphatic heterocycles. The lowest BCUT2D eigenvalue weighted by molar-refractivity contribution is -0.286. The Hall–Kier alpha value is -4.52. The van der Waals surface area contributed by atoms with Crippen LogP contribution in [0, 0.1) is 18.3 Å². The first-order valence-corrected chi connectivity index (χ1v) is 9.97. The van der Waals surface area contributed by atoms with Gasteiger partial charge in [0.15, 0.2) is 16.9 Å². The largest absolute Gasteiger partial charge is 0.586 e. The van der Waals surface area contributed by atoms with Gasteiger partial charge in [-0.2, -0.15) is 5.26 Å². The zero-order valence-corrected chi connectivity index (χ0v) is 17.9. The maximum atomic E-state index is 13.3. The number of carboxylic acids is 1. The second-order valence-electron chi connectivity index (χ2n) is 7.77. The number of aryl methyl sites for hydroxylation is 1. The van der Waals surface area contributed by atoms with Crippen molar-refractivity contribution in [3.63, 3.8) is 0 Å². The standard InChI is InChI=1S/C24H17F2N3O5/c1-13-6-9-19(28-20(13)14-4-3-5-15(10-14)21(30)31)29-22(32)23(2,12-27)16-7-8-17-18(11-16)34-24(25,26)33-17/h3-11H,1-2H3,(H,30,31)(H,28,29,32). The number of fused-ring (bicyclic) bond motifs is 1. The highest BCUT2D eigenvalue weighted by Crippen LogP contribution is 2.43. The summed E-state index contributed by atoms with van der Waals surface area (Å²) in [5, 5.41) is 21.6. The minimum absolute atomic E-state index is 0.0820. The summed E-state index contributed by atoms with van der Waals surface area (Å²) in [7, 11) is 0. The van der Waals surface area contributed by atoms with Crippen molar-refractivity contribution in [2.75, 3.05) is 5.32 Å². The van der Waals surface area contributed by atoms with Crippen LogP contribution in [0.15, 0.2) is 54.6 Å². The van der Waals surface area contributed by atoms with E-state index >= 15 is 0 Å². The lowest BCUT2D eigenvalue weighted by Gasteiger charge is -2.21. The third-order valence-corrected chi connectivity index (χ3v) is 5.38. The highest BCUT2D eigenvalue weighted by atomic mass is 19.3. The highest BCUT2D eigenvalue weighted by molar-refractivity contribution is 6.01. The van der Waals surface area contributed by atoms with Crippen molar-refractivity contribution in [2.45, 2.75) is 25.6 Å². The number of nitrogens with zero attached hydrogens (tertiary/aromatic N) is 2. The number of carbonyl (C=O) groups is 2. The second kappa shape index (κ2) is 8.12. The van der Waals surface area contributed by atoms with Gasteiger partial charge in [-0.1, -0.05) is 24.3 Å². The van der Waals surface area contributed by atoms with E-state index in [-0.39, 0.29) is 28.4 Å². The average molecular weight is 465 g/mol. The molecule has 3 aromatic rings. The van der Waals surface area contributed by atoms with Gasteiger partial charge in [-0.15, -0.1) is 8.78 Å². The number of rotatable bonds is 5. The van der Waals surface area contributed by atoms with Gasteiger partial charge in [0.05, 0.1) is 17.3 Å². The molecule has 2 aromatic carbocycles. The molecule has 2 heterocycles. The first kappa shape index (κ1) is 22.7. The fourth-order valence-electron chi connectivity index (χ4n) is 3.44. The van der Waals surface area contributed by atoms with Gasteiger partial charge in [-0.3, -0.25) is 4.79 Å². The van der Waals surface area contributed by atoms with E-state index in [1.165, 1.54) is 37.3 Å². The Labute approximate surface area is 192 Å². The Bertz CT molecular complexity index is 1370. The summed E-state index contributed by atoms with van der Waals surface area (Å²) in [5.41, 5.74) is 0.151. The van der Waals surface area contributed by atoms with Crippen LogP contribution in [0.2, 0.25) is 0 Å². The van der Waals surface area contributed by atoms with Crippen molar-refractivity contribution >= 4 is 17.7 Å². The monoisotopic (exact) mass is 465 g/mol. The number of halogens is 2. The topological polar surface area (TPSA) is 122 Å². The Morgan fingerprint density at radius 3 is 2.56 bits per heavy atom. The fraction of sp³-hybridized carbons (Fsp3) is 0.167. The molecule has 0 saturated heterocycles. The number of alkyl halides is 2. The number of nitriles is 1. The first-order chi connectivity index (χ1) is 16.0. The Morgan fingerprint density at radius 1 is 1.12 bits per heavy atom. The van der Waals surface area contributed by atoms with E-state index in [4.69, 9.17) is 0 Å². The molecule has 1 aromatic heterocycles. The molecule has 0 fully saturated rings. The zero-order valence-electron chi connectivity index (χ0n) is 17.9. The van der Waals surface area contributed by atoms with Gasteiger partial charge in [0, 0.05) is 5.56 Å². The predicted molar refractivity (Wildman–Crippen MR) is 116 cm³/mol. The maximum absolute atomic E-state index is 13.3. The molecule has 0 aliphatic carbocycles. The number of carboxylic acid groups (broad SMARTS) is 1. The van der Waals surface area contributed by atoms with E-state index in [2.05, 4.69) is 19.8 Å². The summed E-state index contributed by atoms with van der Waals surface area (Å²) in [5.74, 6) is -2.20. The summed E-state index contributed by atoms with van der Waals surface area (Å²) in [4.78, 5) is 28.8. The van der Waals surface area contributed by atoms with Gasteiger partial charge in [0.2, 0.25) is 5.91 Å². The molecule has 0 bridgehead atoms. The Kier molecular flexibility index (Phi) is 5.41. The van der Waals surface area contributed by atoms with Crippen molar-refractivity contribution in [1.29, 1.82) is 5.26 Å². The van der Waals surface area contributed by atoms with Gasteiger partial charge in [-0.25, -0.2) is 9.78 Å². The summed E-state index contributed by atoms with van der Waals surface area (Å²) in [6.45, 7) is 3.12. The van der Waals surface area contributed by atoms with Crippen LogP contribution in [0.3, 0.4) is 0 Å². The number of hydrogen-bond acceptors (Lipinski definition) is 6. The number of aromatic nitrogens is 1. The van der Waals surface area contributed by atoms with Crippen LogP contribution in [0.25, 0.3) is 11.3 Å². The van der Waals surface area contributed by atoms with Crippen molar-refractivity contribution in [3.05, 3.63) is 71.3 Å². The van der Waals surface area contributed by atoms with Gasteiger partial charge in [0.1, 0.15) is 5.82 Å². The van der Waals surface area contributed by atoms with Crippen molar-refractivity contribution < 1.29 is 33.0 Å². The lowest BCUT2D eigenvalue weighted by Crippen LogP contribution is -2.36. The third kappa shape index (κ3) is 4.11. The first-order valence-electron chi connectivity index (χ1n) is 9.97. The molecule has 0 saturated carbocycles. The van der Waals surface area contributed by atoms with Crippen LogP contribution in [0.5, 0.6) is 11.5 Å². The number of ether oxygens (including phenoxy) is 2. The zero-order chi connectivity index (χ0) is 24.7. The molecule has 172 valence electrons. The maximum Gasteiger partial charge on any atom is 0.586 e. The van der Waals surface area contributed by atoms with Crippen LogP contribution >= 0.6 is 0 Å². The van der Waals surface area contributed by atoms with E-state index in [0.29, 0.717) is 11.3 Å². The minimum atomic E-state index is -3.83. The number of hydrogen-bond donors (Lipinski definition) is 2. The molecule has 10 heteroatoms. The van der Waals surface area contributed by atoms with E-state index < -0.39 is 23.6 Å². The van der Waals surface area contributed by atoms with Crippen LogP contribution < -0.4 is 14.8 Å². The predicted octanol–water partition coefficient (Wildman–Crippen LogP) is 4.50. The highest BCUT2D eigenvalue weighted by Gasteiger charge is 2.45. The van der Waals surface area contributed by atoms with Crippen molar-refractivity contribution in [1.82, 2.24) is 4.98 Å². The molecule has 1 aliphatic rings. The van der Waals surface area contributed by atoms with E-state index in [1.807, 2.05) is 6.07 Å². The Morgan fingerprint density at radius 2 is 1.85 bits per heavy atom. The number of carbonyl (C=O) groups excluding carboxylic acids is 1. The van der Waals surface area contributed by atoms with E-state index in [9.17, 15) is 28.7 Å². The average Bonchev–Trinajstić information content (AvgIpc) is 3.12. The summed E-state index contributed by atoms with van der Waals surface area (Å²) >= 11 is 0. The minimum Gasteiger partial charge on any atom is -0.478 e. The molecular formula is C24H17F2N3O5. The molecule has 0 radical (unpaired) electrons. The summed E-state index contributed by atoms with van der Waals surface area (Å²) in [6.07, 6.45) is -3.83. The summed E-state index contributed by atoms with van der Waals surface area (Å²) in [6, 6.07) is 15.0. The molecule has 2 N–H and O–H groups in total. The number of pyridine rings is 1. The van der Waals surface area contributed by atoms with Gasteiger partial charge in [-0.05, 0) is 55.3 Å². The van der Waals surface area contributed by atoms with Crippen LogP contribution in [-0.4, -0.2) is 28.3 Å². The van der Waals surface area contributed by atoms with E-state index in [0.717, 1.165) is 11.6 Å². The van der Waals surface area contributed by atoms with Crippen molar-refractivity contribution in [2.24, 2.45) is 0 Å². The molecule has 34 heavy (non-hydrogen) atoms. The van der Waals surface area contributed by atoms with Gasteiger partial charge >= 0.3 is 12.3 Å². The lowest BCUT2D eigenvalue weighted by atomic mass is 9.83. The number of benzene rings is 2. The smallest absolute Gasteiger partial charge is 0.478 e. The molecule has 4 rings (SSSR count). The van der Waals surface area contributed by atoms with Gasteiger partial charge in [0.25, 0.3) is 0 Å². The number of anilines is 1. The molecule has 1 amide bonds. The summed E-state index contributed by atoms with van der Waals surface area (Å²) < 4.78 is 35.5. The van der Waals surface area contributed by atoms with Crippen LogP contribution in [0.1, 0.15) is 28.4 Å². The molecule has 1 unspecified atom stereocenters. The quantitative estimate of drug-likeness (QED) is 0.569. The third-order valence-electron chi connectivity index (χ3n) is 5.38. The number of amides is 1. The van der Waals surface area contributed by atoms with E-state index in [1.54, 1.807) is 25.1 Å². The van der Waals surface area contributed by atoms with Crippen LogP contribution in [-0.2, 0) is 10.2 Å². The Balaban J connectivity index is 1.64. The van der Waals surface area contributed by atoms with Crippen LogP contribution in [0.4, 0.5) is 14.6 Å². The number of nitrogens with one attached hydrogen (secondary N) is 1. The normalized spacial score (nSPS) is 15.1. The second-order valence-corrected chi connectivity index (χ2v) is 7.77. The van der Waals surface area contributed by atoms with Crippen molar-refractivity contribution in [3.8, 4) is 28.8 Å². The molecular weight excluding hydrogens is 448 g/mol. The molecule has 1 atom stereocenters.